The number of ether oxygens (including phenoxy) is 2. The van der Waals surface area contributed by atoms with Crippen LogP contribution in [0.3, 0.4) is 0 Å². The van der Waals surface area contributed by atoms with Crippen LogP contribution in [-0.2, 0) is 9.47 Å². The maximum absolute atomic E-state index is 12.2. The number of methoxy groups -OCH3 is 2. The molecule has 5 aromatic carbocycles. The predicted octanol–water partition coefficient (Wildman–Crippen LogP) is 7.69. The molecule has 1 aliphatic carbocycles. The first-order valence-corrected chi connectivity index (χ1v) is 25.3. The Labute approximate surface area is 453 Å². The molecule has 25 heteroatoms. The van der Waals surface area contributed by atoms with Gasteiger partial charge in [-0.05, 0) is 103 Å². The lowest BCUT2D eigenvalue weighted by Crippen LogP contribution is -2.25. The Balaban J connectivity index is 0.000000139. The zero-order chi connectivity index (χ0) is 53.0. The van der Waals surface area contributed by atoms with Crippen molar-refractivity contribution >= 4 is 133 Å². The molecule has 0 unspecified atom stereocenters. The molecule has 75 heavy (non-hydrogen) atoms. The second-order valence-corrected chi connectivity index (χ2v) is 19.2. The average molecular weight is 1210 g/mol. The highest BCUT2D eigenvalue weighted by Gasteiger charge is 2.23. The van der Waals surface area contributed by atoms with Crippen molar-refractivity contribution in [1.82, 2.24) is 60.0 Å². The first-order chi connectivity index (χ1) is 36.2. The quantitative estimate of drug-likeness (QED) is 0.0543. The molecule has 1 fully saturated rings. The molecule has 1 aliphatic rings. The summed E-state index contributed by atoms with van der Waals surface area (Å²) in [4.78, 5) is 59.2. The van der Waals surface area contributed by atoms with Crippen LogP contribution in [0.25, 0.3) is 60.6 Å². The third-order valence-corrected chi connectivity index (χ3v) is 12.4. The molecule has 0 bridgehead atoms. The van der Waals surface area contributed by atoms with Gasteiger partial charge in [0.05, 0.1) is 40.7 Å². The van der Waals surface area contributed by atoms with Gasteiger partial charge in [-0.3, -0.25) is 14.6 Å². The summed E-state index contributed by atoms with van der Waals surface area (Å²) >= 11 is 10.1. The molecule has 1 amide bonds. The van der Waals surface area contributed by atoms with Crippen LogP contribution in [0.1, 0.15) is 23.2 Å². The summed E-state index contributed by atoms with van der Waals surface area (Å²) in [5.41, 5.74) is 28.0. The number of fused-ring (bicyclic) bond motifs is 4. The molecule has 0 aliphatic heterocycles. The van der Waals surface area contributed by atoms with E-state index < -0.39 is 0 Å². The highest BCUT2D eigenvalue weighted by Crippen LogP contribution is 2.30. The van der Waals surface area contributed by atoms with Crippen molar-refractivity contribution in [3.8, 4) is 16.9 Å². The van der Waals surface area contributed by atoms with E-state index in [4.69, 9.17) is 32.4 Å². The van der Waals surface area contributed by atoms with Crippen molar-refractivity contribution in [3.05, 3.63) is 139 Å². The van der Waals surface area contributed by atoms with Gasteiger partial charge in [-0.2, -0.15) is 20.1 Å². The SMILES string of the molecule is COCCNc1nc(N)nc2ccc(-c3ccc(C(=O)NC4CC4)cc3)cc12.COCCNc1nc(N)nc2ccc(Br)cc12.Nc1nc(-n2cncn2)c2cc(Br)ccc2n1.Nc1nc2ccc(Br)cc2c(=O)[nH]1. The number of nitrogens with two attached hydrogens (primary N) is 4. The Morgan fingerprint density at radius 1 is 0.627 bits per heavy atom. The summed E-state index contributed by atoms with van der Waals surface area (Å²) < 4.78 is 14.4. The van der Waals surface area contributed by atoms with Crippen LogP contribution in [0.4, 0.5) is 35.4 Å². The Bertz CT molecular complexity index is 3680. The Kier molecular flexibility index (Phi) is 17.7. The Hall–Kier alpha value is -7.97. The third kappa shape index (κ3) is 14.2. The molecule has 384 valence electrons. The minimum absolute atomic E-state index is 0.0129. The van der Waals surface area contributed by atoms with Crippen molar-refractivity contribution in [2.75, 3.05) is 74.1 Å². The van der Waals surface area contributed by atoms with Crippen LogP contribution in [0.2, 0.25) is 0 Å². The maximum Gasteiger partial charge on any atom is 0.260 e. The van der Waals surface area contributed by atoms with Crippen molar-refractivity contribution < 1.29 is 14.3 Å². The fourth-order valence-electron chi connectivity index (χ4n) is 7.29. The third-order valence-electron chi connectivity index (χ3n) is 11.0. The van der Waals surface area contributed by atoms with E-state index in [2.05, 4.69) is 114 Å². The second-order valence-electron chi connectivity index (χ2n) is 16.4. The minimum atomic E-state index is -0.219. The van der Waals surface area contributed by atoms with Crippen LogP contribution < -0.4 is 44.4 Å². The summed E-state index contributed by atoms with van der Waals surface area (Å²) in [5, 5.41) is 16.7. The zero-order valence-corrected chi connectivity index (χ0v) is 45.0. The first kappa shape index (κ1) is 53.3. The molecule has 12 N–H and O–H groups in total. The number of nitrogens with one attached hydrogen (secondary N) is 4. The van der Waals surface area contributed by atoms with E-state index in [1.807, 2.05) is 84.9 Å². The van der Waals surface area contributed by atoms with Crippen LogP contribution in [0.5, 0.6) is 0 Å². The maximum atomic E-state index is 12.2. The molecule has 22 nitrogen and oxygen atoms in total. The Morgan fingerprint density at radius 3 is 1.67 bits per heavy atom. The lowest BCUT2D eigenvalue weighted by Gasteiger charge is -2.11. The van der Waals surface area contributed by atoms with Crippen LogP contribution in [0, 0.1) is 0 Å². The topological polar surface area (TPSA) is 330 Å². The van der Waals surface area contributed by atoms with Gasteiger partial charge in [0, 0.05) is 68.5 Å². The first-order valence-electron chi connectivity index (χ1n) is 22.9. The minimum Gasteiger partial charge on any atom is -0.383 e. The summed E-state index contributed by atoms with van der Waals surface area (Å²) in [6.07, 6.45) is 5.17. The number of hydrogen-bond donors (Lipinski definition) is 8. The van der Waals surface area contributed by atoms with Crippen molar-refractivity contribution in [1.29, 1.82) is 0 Å². The van der Waals surface area contributed by atoms with Gasteiger partial charge < -0.3 is 48.4 Å². The summed E-state index contributed by atoms with van der Waals surface area (Å²) in [6, 6.07) is 30.7. The summed E-state index contributed by atoms with van der Waals surface area (Å²) in [7, 11) is 3.31. The second kappa shape index (κ2) is 24.8. The lowest BCUT2D eigenvalue weighted by atomic mass is 10.0. The van der Waals surface area contributed by atoms with E-state index in [0.29, 0.717) is 60.4 Å². The van der Waals surface area contributed by atoms with Gasteiger partial charge >= 0.3 is 0 Å². The smallest absolute Gasteiger partial charge is 0.260 e. The molecule has 0 radical (unpaired) electrons. The highest BCUT2D eigenvalue weighted by atomic mass is 79.9. The van der Waals surface area contributed by atoms with Gasteiger partial charge in [0.15, 0.2) is 5.82 Å². The number of nitrogens with zero attached hydrogens (tertiary/aromatic N) is 10. The standard InChI is InChI=1S/C21H23N5O2.C11H13BrN4O.C10H7BrN6.C8H6BrN3O/c1-28-11-10-23-19-17-12-15(6-9-18(17)25-21(22)26-19)13-2-4-14(5-3-13)20(27)24-16-7-8-16;1-17-5-4-14-10-8-6-7(12)2-3-9(8)15-11(13)16-10;11-6-1-2-8-7(3-6)9(16-10(12)15-8)17-5-13-4-14-17;9-4-1-2-6-5(3-4)7(13)12-8(10)11-6/h2-6,9,12,16H,7-8,10-11H2,1H3,(H,24,27)(H3,22,23,25,26);2-3,6H,4-5H2,1H3,(H3,13,14,15,16);1-5H,(H2,12,15,16);1-3H,(H3,10,11,12,13). The largest absolute Gasteiger partial charge is 0.383 e. The fraction of sp³-hybridized carbons (Fsp3) is 0.180. The fourth-order valence-corrected chi connectivity index (χ4v) is 8.37. The number of H-pyrrole nitrogens is 1. The zero-order valence-electron chi connectivity index (χ0n) is 40.3. The van der Waals surface area contributed by atoms with Crippen LogP contribution in [-0.4, -0.2) is 107 Å². The number of anilines is 6. The van der Waals surface area contributed by atoms with Gasteiger partial charge in [0.1, 0.15) is 24.3 Å². The monoisotopic (exact) mass is 1200 g/mol. The number of rotatable bonds is 12. The molecular formula is C50H49Br3N18O4. The normalized spacial score (nSPS) is 11.7. The van der Waals surface area contributed by atoms with Crippen molar-refractivity contribution in [3.63, 3.8) is 0 Å². The molecule has 11 rings (SSSR count). The van der Waals surface area contributed by atoms with E-state index in [1.165, 1.54) is 6.33 Å². The molecular weight excluding hydrogens is 1160 g/mol. The molecule has 0 spiro atoms. The number of nitrogen functional groups attached to an aromatic ring is 4. The van der Waals surface area contributed by atoms with E-state index in [-0.39, 0.29) is 35.3 Å². The molecule has 0 saturated heterocycles. The molecule has 5 aromatic heterocycles. The van der Waals surface area contributed by atoms with E-state index in [9.17, 15) is 9.59 Å². The number of amides is 1. The van der Waals surface area contributed by atoms with E-state index in [1.54, 1.807) is 37.4 Å². The molecule has 5 heterocycles. The number of carbonyl (C=O) groups excluding carboxylic acids is 1. The van der Waals surface area contributed by atoms with Crippen LogP contribution >= 0.6 is 47.8 Å². The van der Waals surface area contributed by atoms with Gasteiger partial charge in [0.2, 0.25) is 23.8 Å². The molecule has 0 atom stereocenters. The van der Waals surface area contributed by atoms with Gasteiger partial charge in [-0.25, -0.2) is 29.6 Å². The molecule has 10 aromatic rings. The van der Waals surface area contributed by atoms with Crippen molar-refractivity contribution in [2.24, 2.45) is 0 Å². The van der Waals surface area contributed by atoms with Gasteiger partial charge in [0.25, 0.3) is 11.5 Å². The summed E-state index contributed by atoms with van der Waals surface area (Å²) in [6.45, 7) is 2.47. The lowest BCUT2D eigenvalue weighted by molar-refractivity contribution is 0.0951. The molecule has 1 saturated carbocycles. The van der Waals surface area contributed by atoms with Crippen LogP contribution in [0.15, 0.2) is 128 Å². The van der Waals surface area contributed by atoms with Crippen molar-refractivity contribution in [2.45, 2.75) is 18.9 Å². The number of aromatic amines is 1. The number of aromatic nitrogens is 11. The number of benzene rings is 5. The van der Waals surface area contributed by atoms with Gasteiger partial charge in [-0.1, -0.05) is 66.0 Å². The van der Waals surface area contributed by atoms with E-state index in [0.717, 1.165) is 75.9 Å². The number of hydrogen-bond acceptors (Lipinski definition) is 19. The summed E-state index contributed by atoms with van der Waals surface area (Å²) in [5.74, 6) is 2.86. The van der Waals surface area contributed by atoms with E-state index >= 15 is 0 Å². The number of carbonyl (C=O) groups is 1. The average Bonchev–Trinajstić information content (AvgIpc) is 4.04. The van der Waals surface area contributed by atoms with Gasteiger partial charge in [-0.15, -0.1) is 0 Å². The predicted molar refractivity (Wildman–Crippen MR) is 303 cm³/mol. The highest BCUT2D eigenvalue weighted by molar-refractivity contribution is 9.11. The number of halogens is 3. The Morgan fingerprint density at radius 2 is 1.12 bits per heavy atom.